The average Bonchev–Trinajstić information content (AvgIpc) is 3.34. The van der Waals surface area contributed by atoms with Gasteiger partial charge in [0.15, 0.2) is 5.65 Å². The molecule has 4 aromatic rings. The van der Waals surface area contributed by atoms with Gasteiger partial charge < -0.3 is 10.6 Å². The van der Waals surface area contributed by atoms with E-state index in [1.54, 1.807) is 34.6 Å². The highest BCUT2D eigenvalue weighted by atomic mass is 127. The molecule has 0 bridgehead atoms. The van der Waals surface area contributed by atoms with Crippen molar-refractivity contribution in [1.82, 2.24) is 24.1 Å². The number of amides is 1. The molecule has 39 heavy (non-hydrogen) atoms. The molecule has 1 aliphatic rings. The summed E-state index contributed by atoms with van der Waals surface area (Å²) in [5.74, 6) is 0.0852. The van der Waals surface area contributed by atoms with Crippen LogP contribution in [0, 0.1) is 12.8 Å². The Labute approximate surface area is 244 Å². The van der Waals surface area contributed by atoms with Gasteiger partial charge in [-0.2, -0.15) is 5.10 Å². The summed E-state index contributed by atoms with van der Waals surface area (Å²) < 4.78 is 31.3. The summed E-state index contributed by atoms with van der Waals surface area (Å²) in [7, 11) is 2.33. The number of aromatic nitrogens is 5. The molecule has 3 aromatic heterocycles. The fourth-order valence-electron chi connectivity index (χ4n) is 4.00. The maximum Gasteiger partial charge on any atom is 0.231 e. The monoisotopic (exact) mass is 684 g/mol. The number of anilines is 4. The molecule has 5 rings (SSSR count). The van der Waals surface area contributed by atoms with E-state index in [9.17, 15) is 13.4 Å². The van der Waals surface area contributed by atoms with E-state index in [2.05, 4.69) is 42.8 Å². The zero-order chi connectivity index (χ0) is 28.4. The molecule has 3 heterocycles. The Hall–Kier alpha value is -2.64. The van der Waals surface area contributed by atoms with E-state index < -0.39 is 23.1 Å². The first-order valence-electron chi connectivity index (χ1n) is 12.3. The molecule has 2 unspecified atom stereocenters. The molecule has 0 saturated heterocycles. The third-order valence-electron chi connectivity index (χ3n) is 6.20. The molecular formula is C25H31FIN8O2PS. The van der Waals surface area contributed by atoms with Gasteiger partial charge in [-0.05, 0) is 53.1 Å². The van der Waals surface area contributed by atoms with Gasteiger partial charge in [0.1, 0.15) is 34.3 Å². The second-order valence-corrected chi connectivity index (χ2v) is 12.3. The molecule has 10 nitrogen and oxygen atoms in total. The number of fused-ring (bicyclic) bond motifs is 1. The summed E-state index contributed by atoms with van der Waals surface area (Å²) in [6.07, 6.45) is 4.78. The number of alkyl halides is 1. The number of carbonyl (C=O) groups is 1. The van der Waals surface area contributed by atoms with Crippen molar-refractivity contribution in [2.24, 2.45) is 13.0 Å². The third-order valence-corrected chi connectivity index (χ3v) is 9.32. The number of nitrogens with one attached hydrogen (secondary N) is 2. The van der Waals surface area contributed by atoms with Gasteiger partial charge in [0.05, 0.1) is 35.6 Å². The van der Waals surface area contributed by atoms with Gasteiger partial charge in [0.25, 0.3) is 0 Å². The summed E-state index contributed by atoms with van der Waals surface area (Å²) in [5, 5.41) is 10.4. The van der Waals surface area contributed by atoms with E-state index in [4.69, 9.17) is 4.98 Å². The zero-order valence-corrected chi connectivity index (χ0v) is 26.5. The van der Waals surface area contributed by atoms with Crippen molar-refractivity contribution in [3.63, 3.8) is 0 Å². The molecule has 0 radical (unpaired) electrons. The zero-order valence-electron chi connectivity index (χ0n) is 22.5. The van der Waals surface area contributed by atoms with Crippen molar-refractivity contribution in [2.45, 2.75) is 33.4 Å². The predicted octanol–water partition coefficient (Wildman–Crippen LogP) is 5.73. The molecule has 1 aliphatic carbocycles. The molecule has 1 saturated carbocycles. The van der Waals surface area contributed by atoms with Crippen molar-refractivity contribution < 1.29 is 13.4 Å². The first kappa shape index (κ1) is 29.3. The van der Waals surface area contributed by atoms with Crippen molar-refractivity contribution in [1.29, 1.82) is 0 Å². The number of hydrogen-bond donors (Lipinski definition) is 2. The van der Waals surface area contributed by atoms with Gasteiger partial charge in [0, 0.05) is 38.2 Å². The largest absolute Gasteiger partial charge is 0.352 e. The Balaban J connectivity index is 0.00000172. The lowest BCUT2D eigenvalue weighted by atomic mass is 10.1. The number of hydrogen-bond acceptors (Lipinski definition) is 6. The minimum Gasteiger partial charge on any atom is -0.352 e. The fourth-order valence-corrected chi connectivity index (χ4v) is 6.57. The van der Waals surface area contributed by atoms with Crippen molar-refractivity contribution in [2.75, 3.05) is 28.2 Å². The third kappa shape index (κ3) is 6.25. The highest BCUT2D eigenvalue weighted by molar-refractivity contribution is 14.2. The first-order chi connectivity index (χ1) is 18.7. The number of nitrogens with zero attached hydrogens (tertiary/aromatic N) is 6. The highest BCUT2D eigenvalue weighted by Gasteiger charge is 2.43. The minimum atomic E-state index is -1.28. The molecule has 2 N–H and O–H groups in total. The van der Waals surface area contributed by atoms with Crippen LogP contribution in [0.15, 0.2) is 36.7 Å². The molecule has 1 fully saturated rings. The Bertz CT molecular complexity index is 1540. The standard InChI is InChI=1S/C23H25FIN8O2PS.C2H6/c1-12-27-21-18(9-20(29-22(21)33(12)36-25)30-23(34)15-8-16(15)24)28-17-6-5-13(14-10-26-31(2)11-14)7-19(17)32(3)37(4)35;1-2/h5-7,9-11,15-16,36H,8H2,1-4H3,(H2,28,29,30,34);1-2H3/t15-,16+,37?;/m1./s1. The van der Waals surface area contributed by atoms with Crippen LogP contribution in [0.4, 0.5) is 27.3 Å². The number of aryl methyl sites for hydroxylation is 2. The molecule has 1 aromatic carbocycles. The molecule has 1 amide bonds. The molecule has 14 heteroatoms. The normalized spacial score (nSPS) is 17.1. The van der Waals surface area contributed by atoms with Crippen LogP contribution in [-0.4, -0.2) is 53.7 Å². The maximum absolute atomic E-state index is 13.5. The SMILES string of the molecule is CC.Cc1nc2c(Nc3ccc(-c4cnn(C)c4)cc3N(C)S(C)=O)cc(NC(=O)[C@@H]3C[C@@H]3F)nc2n1PI. The number of benzene rings is 1. The number of rotatable bonds is 8. The number of pyridine rings is 1. The smallest absolute Gasteiger partial charge is 0.231 e. The number of imidazole rings is 1. The van der Waals surface area contributed by atoms with E-state index in [1.165, 1.54) is 0 Å². The lowest BCUT2D eigenvalue weighted by Crippen LogP contribution is -2.20. The Morgan fingerprint density at radius 2 is 1.95 bits per heavy atom. The van der Waals surface area contributed by atoms with Gasteiger partial charge in [-0.3, -0.25) is 18.1 Å². The van der Waals surface area contributed by atoms with Gasteiger partial charge in [-0.25, -0.2) is 18.6 Å². The second-order valence-electron chi connectivity index (χ2n) is 8.83. The minimum absolute atomic E-state index is 0.235. The lowest BCUT2D eigenvalue weighted by Gasteiger charge is -2.21. The Morgan fingerprint density at radius 3 is 2.54 bits per heavy atom. The second kappa shape index (κ2) is 12.3. The van der Waals surface area contributed by atoms with E-state index >= 15 is 0 Å². The van der Waals surface area contributed by atoms with Gasteiger partial charge >= 0.3 is 0 Å². The van der Waals surface area contributed by atoms with Crippen LogP contribution < -0.4 is 14.9 Å². The molecule has 0 spiro atoms. The van der Waals surface area contributed by atoms with Crippen LogP contribution in [0.25, 0.3) is 22.3 Å². The van der Waals surface area contributed by atoms with Gasteiger partial charge in [-0.1, -0.05) is 19.9 Å². The average molecular weight is 685 g/mol. The van der Waals surface area contributed by atoms with Crippen molar-refractivity contribution >= 4 is 79.4 Å². The molecule has 4 atom stereocenters. The topological polar surface area (TPSA) is 110 Å². The van der Waals surface area contributed by atoms with Crippen molar-refractivity contribution in [3.8, 4) is 11.1 Å². The van der Waals surface area contributed by atoms with Crippen LogP contribution in [0.3, 0.4) is 0 Å². The van der Waals surface area contributed by atoms with E-state index in [0.717, 1.165) is 17.0 Å². The van der Waals surface area contributed by atoms with Gasteiger partial charge in [0.2, 0.25) is 5.91 Å². The predicted molar refractivity (Wildman–Crippen MR) is 167 cm³/mol. The van der Waals surface area contributed by atoms with E-state index in [-0.39, 0.29) is 12.3 Å². The van der Waals surface area contributed by atoms with Crippen LogP contribution in [-0.2, 0) is 22.8 Å². The summed E-state index contributed by atoms with van der Waals surface area (Å²) in [6, 6.07) is 7.52. The quantitative estimate of drug-likeness (QED) is 0.181. The van der Waals surface area contributed by atoms with Crippen LogP contribution in [0.5, 0.6) is 0 Å². The fraction of sp³-hybridized carbons (Fsp3) is 0.360. The summed E-state index contributed by atoms with van der Waals surface area (Å²) in [6.45, 7) is 5.90. The van der Waals surface area contributed by atoms with E-state index in [0.29, 0.717) is 40.4 Å². The summed E-state index contributed by atoms with van der Waals surface area (Å²) in [4.78, 5) is 21.8. The summed E-state index contributed by atoms with van der Waals surface area (Å²) >= 11 is 2.26. The van der Waals surface area contributed by atoms with Crippen molar-refractivity contribution in [3.05, 3.63) is 42.5 Å². The lowest BCUT2D eigenvalue weighted by molar-refractivity contribution is -0.117. The van der Waals surface area contributed by atoms with Gasteiger partial charge in [-0.15, -0.1) is 0 Å². The Morgan fingerprint density at radius 1 is 1.23 bits per heavy atom. The summed E-state index contributed by atoms with van der Waals surface area (Å²) in [5.41, 5.74) is 5.14. The Kier molecular flexibility index (Phi) is 9.22. The number of halogens is 2. The van der Waals surface area contributed by atoms with Crippen LogP contribution in [0.2, 0.25) is 0 Å². The first-order valence-corrected chi connectivity index (χ1v) is 17.9. The highest BCUT2D eigenvalue weighted by Crippen LogP contribution is 2.39. The van der Waals surface area contributed by atoms with Crippen LogP contribution in [0.1, 0.15) is 26.1 Å². The molecule has 208 valence electrons. The number of carbonyl (C=O) groups excluding carboxylic acids is 1. The van der Waals surface area contributed by atoms with Crippen LogP contribution >= 0.6 is 28.4 Å². The molecule has 0 aliphatic heterocycles. The maximum atomic E-state index is 13.5. The molecular weight excluding hydrogens is 653 g/mol. The van der Waals surface area contributed by atoms with E-state index in [1.807, 2.05) is 56.6 Å².